The highest BCUT2D eigenvalue weighted by molar-refractivity contribution is 6.30. The minimum absolute atomic E-state index is 0.0834. The van der Waals surface area contributed by atoms with Crippen molar-refractivity contribution in [2.45, 2.75) is 12.8 Å². The lowest BCUT2D eigenvalue weighted by molar-refractivity contribution is -0.158. The number of carboxylic acids is 1. The van der Waals surface area contributed by atoms with Crippen molar-refractivity contribution in [3.05, 3.63) is 34.4 Å². The van der Waals surface area contributed by atoms with Gasteiger partial charge in [0, 0.05) is 30.8 Å². The first-order valence-electron chi connectivity index (χ1n) is 8.10. The Morgan fingerprint density at radius 1 is 1.44 bits per heavy atom. The van der Waals surface area contributed by atoms with Crippen LogP contribution in [0.5, 0.6) is 5.75 Å². The number of hydrogen-bond donors (Lipinski definition) is 1. The normalized spacial score (nSPS) is 22.6. The summed E-state index contributed by atoms with van der Waals surface area (Å²) in [6.45, 7) is 0.903. The predicted octanol–water partition coefficient (Wildman–Crippen LogP) is 2.46. The number of amides is 1. The molecule has 6 nitrogen and oxygen atoms in total. The van der Waals surface area contributed by atoms with E-state index in [1.165, 1.54) is 7.11 Å². The Kier molecular flexibility index (Phi) is 5.01. The monoisotopic (exact) mass is 365 g/mol. The summed E-state index contributed by atoms with van der Waals surface area (Å²) in [6, 6.07) is 5.24. The fourth-order valence-electron chi connectivity index (χ4n) is 3.41. The lowest BCUT2D eigenvalue weighted by Crippen LogP contribution is -2.52. The molecule has 134 valence electrons. The van der Waals surface area contributed by atoms with Gasteiger partial charge in [-0.05, 0) is 37.1 Å². The van der Waals surface area contributed by atoms with Gasteiger partial charge in [-0.3, -0.25) is 9.59 Å². The molecule has 1 saturated heterocycles. The van der Waals surface area contributed by atoms with Crippen LogP contribution in [0.25, 0.3) is 6.08 Å². The summed E-state index contributed by atoms with van der Waals surface area (Å²) in [5, 5.41) is 10.2. The van der Waals surface area contributed by atoms with Crippen molar-refractivity contribution in [3.8, 4) is 5.75 Å². The molecule has 0 aliphatic carbocycles. The molecule has 3 rings (SSSR count). The summed E-state index contributed by atoms with van der Waals surface area (Å²) < 4.78 is 10.7. The number of carbonyl (C=O) groups excluding carboxylic acids is 1. The quantitative estimate of drug-likeness (QED) is 0.887. The van der Waals surface area contributed by atoms with Crippen molar-refractivity contribution in [1.29, 1.82) is 0 Å². The summed E-state index contributed by atoms with van der Waals surface area (Å²) in [5.74, 6) is -0.455. The minimum Gasteiger partial charge on any atom is -0.488 e. The van der Waals surface area contributed by atoms with Crippen LogP contribution in [-0.2, 0) is 14.3 Å². The maximum Gasteiger partial charge on any atom is 0.313 e. The van der Waals surface area contributed by atoms with Gasteiger partial charge in [-0.2, -0.15) is 0 Å². The van der Waals surface area contributed by atoms with Crippen LogP contribution < -0.4 is 4.74 Å². The van der Waals surface area contributed by atoms with E-state index in [0.717, 1.165) is 5.56 Å². The Balaban J connectivity index is 1.82. The summed E-state index contributed by atoms with van der Waals surface area (Å²) in [4.78, 5) is 26.2. The van der Waals surface area contributed by atoms with Crippen molar-refractivity contribution in [2.24, 2.45) is 5.41 Å². The lowest BCUT2D eigenvalue weighted by atomic mass is 9.80. The molecule has 1 fully saturated rings. The second-order valence-electron chi connectivity index (χ2n) is 6.49. The third-order valence-electron chi connectivity index (χ3n) is 4.70. The number of fused-ring (bicyclic) bond motifs is 1. The number of benzene rings is 1. The molecule has 0 spiro atoms. The number of likely N-dealkylation sites (tertiary alicyclic amines) is 1. The number of rotatable bonds is 4. The summed E-state index contributed by atoms with van der Waals surface area (Å²) in [5.41, 5.74) is 0.189. The fraction of sp³-hybridized carbons (Fsp3) is 0.444. The zero-order valence-corrected chi connectivity index (χ0v) is 14.7. The van der Waals surface area contributed by atoms with E-state index in [1.807, 2.05) is 0 Å². The van der Waals surface area contributed by atoms with E-state index in [9.17, 15) is 14.7 Å². The number of carbonyl (C=O) groups is 2. The van der Waals surface area contributed by atoms with Crippen LogP contribution in [0.2, 0.25) is 5.02 Å². The van der Waals surface area contributed by atoms with Crippen LogP contribution >= 0.6 is 11.6 Å². The molecular weight excluding hydrogens is 346 g/mol. The first-order valence-corrected chi connectivity index (χ1v) is 8.47. The van der Waals surface area contributed by atoms with Crippen LogP contribution in [0.1, 0.15) is 18.4 Å². The Labute approximate surface area is 151 Å². The van der Waals surface area contributed by atoms with Crippen LogP contribution in [0, 0.1) is 5.41 Å². The van der Waals surface area contributed by atoms with E-state index in [1.54, 1.807) is 29.2 Å². The number of halogens is 1. The highest BCUT2D eigenvalue weighted by Gasteiger charge is 2.44. The molecule has 2 aliphatic heterocycles. The first kappa shape index (κ1) is 17.8. The van der Waals surface area contributed by atoms with Gasteiger partial charge in [-0.15, -0.1) is 0 Å². The van der Waals surface area contributed by atoms with Gasteiger partial charge in [0.05, 0.1) is 12.2 Å². The van der Waals surface area contributed by atoms with Crippen LogP contribution in [0.4, 0.5) is 0 Å². The van der Waals surface area contributed by atoms with E-state index in [0.29, 0.717) is 35.7 Å². The SMILES string of the molecule is COCC1(C(=O)O)CCCN(C(=O)C2=Cc3cc(Cl)ccc3OC2)C1. The van der Waals surface area contributed by atoms with E-state index >= 15 is 0 Å². The summed E-state index contributed by atoms with van der Waals surface area (Å²) in [7, 11) is 1.48. The number of methoxy groups -OCH3 is 1. The molecule has 0 aromatic heterocycles. The fourth-order valence-corrected chi connectivity index (χ4v) is 3.59. The van der Waals surface area contributed by atoms with Crippen molar-refractivity contribution >= 4 is 29.6 Å². The van der Waals surface area contributed by atoms with Crippen molar-refractivity contribution < 1.29 is 24.2 Å². The molecule has 2 aliphatic rings. The maximum atomic E-state index is 12.9. The molecule has 1 amide bonds. The first-order chi connectivity index (χ1) is 11.9. The standard InChI is InChI=1S/C18H20ClNO5/c1-24-11-18(17(22)23)5-2-6-20(10-18)16(21)13-7-12-8-14(19)3-4-15(12)25-9-13/h3-4,7-8H,2,5-6,9-11H2,1H3,(H,22,23). The van der Waals surface area contributed by atoms with Gasteiger partial charge in [0.2, 0.25) is 0 Å². The maximum absolute atomic E-state index is 12.9. The highest BCUT2D eigenvalue weighted by atomic mass is 35.5. The molecule has 25 heavy (non-hydrogen) atoms. The Morgan fingerprint density at radius 2 is 2.24 bits per heavy atom. The topological polar surface area (TPSA) is 76.1 Å². The van der Waals surface area contributed by atoms with Crippen LogP contribution in [0.15, 0.2) is 23.8 Å². The molecule has 1 unspecified atom stereocenters. The van der Waals surface area contributed by atoms with Gasteiger partial charge < -0.3 is 19.5 Å². The molecule has 7 heteroatoms. The summed E-state index contributed by atoms with van der Waals surface area (Å²) in [6.07, 6.45) is 2.88. The summed E-state index contributed by atoms with van der Waals surface area (Å²) >= 11 is 6.00. The molecule has 0 radical (unpaired) electrons. The van der Waals surface area contributed by atoms with E-state index < -0.39 is 11.4 Å². The van der Waals surface area contributed by atoms with E-state index in [-0.39, 0.29) is 25.7 Å². The van der Waals surface area contributed by atoms with Gasteiger partial charge >= 0.3 is 5.97 Å². The molecule has 0 saturated carbocycles. The van der Waals surface area contributed by atoms with E-state index in [2.05, 4.69) is 0 Å². The molecule has 1 aromatic rings. The Morgan fingerprint density at radius 3 is 2.96 bits per heavy atom. The Bertz CT molecular complexity index is 728. The molecule has 1 N–H and O–H groups in total. The number of hydrogen-bond acceptors (Lipinski definition) is 4. The van der Waals surface area contributed by atoms with Crippen LogP contribution in [-0.4, -0.2) is 55.3 Å². The van der Waals surface area contributed by atoms with E-state index in [4.69, 9.17) is 21.1 Å². The van der Waals surface area contributed by atoms with Crippen molar-refractivity contribution in [2.75, 3.05) is 33.4 Å². The minimum atomic E-state index is -1.06. The molecule has 1 atom stereocenters. The number of aliphatic carboxylic acids is 1. The van der Waals surface area contributed by atoms with Gasteiger partial charge in [0.15, 0.2) is 0 Å². The molecule has 0 bridgehead atoms. The lowest BCUT2D eigenvalue weighted by Gasteiger charge is -2.39. The third-order valence-corrected chi connectivity index (χ3v) is 4.93. The number of nitrogens with zero attached hydrogens (tertiary/aromatic N) is 1. The largest absolute Gasteiger partial charge is 0.488 e. The van der Waals surface area contributed by atoms with Crippen LogP contribution in [0.3, 0.4) is 0 Å². The zero-order valence-electron chi connectivity index (χ0n) is 14.0. The smallest absolute Gasteiger partial charge is 0.313 e. The van der Waals surface area contributed by atoms with Gasteiger partial charge in [0.1, 0.15) is 17.8 Å². The average molecular weight is 366 g/mol. The number of piperidine rings is 1. The second-order valence-corrected chi connectivity index (χ2v) is 6.93. The van der Waals surface area contributed by atoms with Gasteiger partial charge in [0.25, 0.3) is 5.91 Å². The molecular formula is C18H20ClNO5. The molecule has 2 heterocycles. The Hall–Kier alpha value is -2.05. The third kappa shape index (κ3) is 3.50. The number of ether oxygens (including phenoxy) is 2. The number of carboxylic acid groups (broad SMARTS) is 1. The van der Waals surface area contributed by atoms with Crippen molar-refractivity contribution in [3.63, 3.8) is 0 Å². The zero-order chi connectivity index (χ0) is 18.0. The second kappa shape index (κ2) is 7.06. The van der Waals surface area contributed by atoms with Gasteiger partial charge in [-0.1, -0.05) is 11.6 Å². The predicted molar refractivity (Wildman–Crippen MR) is 92.7 cm³/mol. The van der Waals surface area contributed by atoms with Crippen molar-refractivity contribution in [1.82, 2.24) is 4.90 Å². The average Bonchev–Trinajstić information content (AvgIpc) is 2.60. The molecule has 1 aromatic carbocycles. The highest BCUT2D eigenvalue weighted by Crippen LogP contribution is 2.33. The van der Waals surface area contributed by atoms with Gasteiger partial charge in [-0.25, -0.2) is 0 Å².